The SMILES string of the molecule is Cn1nc(-c2ccsc2)c(-c2ccncc2)c1N. The molecule has 3 rings (SSSR count). The first-order valence-corrected chi connectivity index (χ1v) is 6.47. The van der Waals surface area contributed by atoms with E-state index in [-0.39, 0.29) is 0 Å². The number of hydrogen-bond acceptors (Lipinski definition) is 4. The van der Waals surface area contributed by atoms with Gasteiger partial charge in [0, 0.05) is 30.4 Å². The first-order chi connectivity index (χ1) is 8.77. The highest BCUT2D eigenvalue weighted by atomic mass is 32.1. The van der Waals surface area contributed by atoms with Gasteiger partial charge in [-0.05, 0) is 29.1 Å². The minimum atomic E-state index is 0.669. The molecule has 0 amide bonds. The summed E-state index contributed by atoms with van der Waals surface area (Å²) in [6, 6.07) is 5.95. The van der Waals surface area contributed by atoms with Crippen LogP contribution in [0, 0.1) is 0 Å². The maximum atomic E-state index is 6.12. The maximum Gasteiger partial charge on any atom is 0.129 e. The van der Waals surface area contributed by atoms with Crippen LogP contribution in [0.3, 0.4) is 0 Å². The summed E-state index contributed by atoms with van der Waals surface area (Å²) in [4.78, 5) is 4.03. The lowest BCUT2D eigenvalue weighted by Gasteiger charge is -2.02. The monoisotopic (exact) mass is 256 g/mol. The van der Waals surface area contributed by atoms with Gasteiger partial charge in [-0.2, -0.15) is 16.4 Å². The van der Waals surface area contributed by atoms with Crippen LogP contribution >= 0.6 is 11.3 Å². The Labute approximate surface area is 109 Å². The number of anilines is 1. The van der Waals surface area contributed by atoms with Gasteiger partial charge in [0.15, 0.2) is 0 Å². The van der Waals surface area contributed by atoms with Crippen LogP contribution in [0.4, 0.5) is 5.82 Å². The van der Waals surface area contributed by atoms with E-state index < -0.39 is 0 Å². The second kappa shape index (κ2) is 4.27. The number of hydrogen-bond donors (Lipinski definition) is 1. The average Bonchev–Trinajstić information content (AvgIpc) is 3.00. The van der Waals surface area contributed by atoms with Gasteiger partial charge in [-0.1, -0.05) is 0 Å². The first kappa shape index (κ1) is 11.0. The Morgan fingerprint density at radius 3 is 2.61 bits per heavy atom. The van der Waals surface area contributed by atoms with E-state index in [9.17, 15) is 0 Å². The van der Waals surface area contributed by atoms with E-state index in [1.165, 1.54) is 0 Å². The quantitative estimate of drug-likeness (QED) is 0.767. The molecule has 2 N–H and O–H groups in total. The molecule has 3 aromatic heterocycles. The Hall–Kier alpha value is -2.14. The van der Waals surface area contributed by atoms with Crippen molar-refractivity contribution in [3.8, 4) is 22.4 Å². The normalized spacial score (nSPS) is 10.7. The number of aromatic nitrogens is 3. The van der Waals surface area contributed by atoms with E-state index in [1.54, 1.807) is 28.4 Å². The van der Waals surface area contributed by atoms with Gasteiger partial charge in [-0.25, -0.2) is 0 Å². The van der Waals surface area contributed by atoms with E-state index in [0.29, 0.717) is 5.82 Å². The summed E-state index contributed by atoms with van der Waals surface area (Å²) in [7, 11) is 1.86. The van der Waals surface area contributed by atoms with Crippen LogP contribution in [0.2, 0.25) is 0 Å². The zero-order valence-corrected chi connectivity index (χ0v) is 10.7. The molecule has 90 valence electrons. The molecule has 0 aliphatic rings. The maximum absolute atomic E-state index is 6.12. The number of nitrogens with zero attached hydrogens (tertiary/aromatic N) is 3. The molecule has 0 aliphatic carbocycles. The highest BCUT2D eigenvalue weighted by Gasteiger charge is 2.17. The molecule has 4 nitrogen and oxygen atoms in total. The first-order valence-electron chi connectivity index (χ1n) is 5.53. The standard InChI is InChI=1S/C13H12N4S/c1-17-13(14)11(9-2-5-15-6-3-9)12(16-17)10-4-7-18-8-10/h2-8H,14H2,1H3. The summed E-state index contributed by atoms with van der Waals surface area (Å²) < 4.78 is 1.71. The number of nitrogens with two attached hydrogens (primary N) is 1. The molecule has 0 radical (unpaired) electrons. The fraction of sp³-hybridized carbons (Fsp3) is 0.0769. The Balaban J connectivity index is 2.26. The molecule has 0 bridgehead atoms. The Morgan fingerprint density at radius 2 is 1.94 bits per heavy atom. The largest absolute Gasteiger partial charge is 0.383 e. The lowest BCUT2D eigenvalue weighted by atomic mass is 10.0. The molecule has 0 unspecified atom stereocenters. The fourth-order valence-electron chi connectivity index (χ4n) is 1.94. The van der Waals surface area contributed by atoms with Crippen molar-refractivity contribution >= 4 is 17.2 Å². The topological polar surface area (TPSA) is 56.7 Å². The Bertz CT molecular complexity index is 656. The third-order valence-electron chi connectivity index (χ3n) is 2.86. The van der Waals surface area contributed by atoms with E-state index in [4.69, 9.17) is 5.73 Å². The van der Waals surface area contributed by atoms with Crippen molar-refractivity contribution in [2.45, 2.75) is 0 Å². The highest BCUT2D eigenvalue weighted by molar-refractivity contribution is 7.08. The van der Waals surface area contributed by atoms with Crippen LogP contribution in [0.15, 0.2) is 41.4 Å². The average molecular weight is 256 g/mol. The zero-order chi connectivity index (χ0) is 12.5. The molecule has 0 atom stereocenters. The summed E-state index contributed by atoms with van der Waals surface area (Å²) in [5.41, 5.74) is 10.1. The lowest BCUT2D eigenvalue weighted by molar-refractivity contribution is 0.782. The molecular weight excluding hydrogens is 244 g/mol. The molecule has 18 heavy (non-hydrogen) atoms. The molecular formula is C13H12N4S. The summed E-state index contributed by atoms with van der Waals surface area (Å²) >= 11 is 1.65. The molecule has 5 heteroatoms. The number of pyridine rings is 1. The van der Waals surface area contributed by atoms with Crippen molar-refractivity contribution in [2.75, 3.05) is 5.73 Å². The number of aryl methyl sites for hydroxylation is 1. The van der Waals surface area contributed by atoms with Crippen molar-refractivity contribution in [1.29, 1.82) is 0 Å². The highest BCUT2D eigenvalue weighted by Crippen LogP contribution is 2.36. The number of rotatable bonds is 2. The van der Waals surface area contributed by atoms with Crippen molar-refractivity contribution in [1.82, 2.24) is 14.8 Å². The molecule has 0 fully saturated rings. The fourth-order valence-corrected chi connectivity index (χ4v) is 2.58. The van der Waals surface area contributed by atoms with Crippen molar-refractivity contribution in [3.05, 3.63) is 41.4 Å². The van der Waals surface area contributed by atoms with Gasteiger partial charge in [0.25, 0.3) is 0 Å². The molecule has 0 saturated heterocycles. The van der Waals surface area contributed by atoms with Gasteiger partial charge < -0.3 is 5.73 Å². The lowest BCUT2D eigenvalue weighted by Crippen LogP contribution is -1.97. The molecule has 0 aliphatic heterocycles. The minimum Gasteiger partial charge on any atom is -0.383 e. The van der Waals surface area contributed by atoms with Gasteiger partial charge in [-0.3, -0.25) is 9.67 Å². The van der Waals surface area contributed by atoms with E-state index in [1.807, 2.05) is 24.6 Å². The summed E-state index contributed by atoms with van der Waals surface area (Å²) in [5, 5.41) is 8.62. The summed E-state index contributed by atoms with van der Waals surface area (Å²) in [5.74, 6) is 0.669. The van der Waals surface area contributed by atoms with Crippen LogP contribution in [0.25, 0.3) is 22.4 Å². The molecule has 0 saturated carbocycles. The van der Waals surface area contributed by atoms with E-state index in [0.717, 1.165) is 22.4 Å². The molecule has 3 heterocycles. The van der Waals surface area contributed by atoms with E-state index >= 15 is 0 Å². The van der Waals surface area contributed by atoms with Crippen molar-refractivity contribution in [2.24, 2.45) is 7.05 Å². The van der Waals surface area contributed by atoms with Gasteiger partial charge in [0.05, 0.1) is 5.56 Å². The van der Waals surface area contributed by atoms with Crippen LogP contribution in [-0.4, -0.2) is 14.8 Å². The second-order valence-electron chi connectivity index (χ2n) is 3.98. The second-order valence-corrected chi connectivity index (χ2v) is 4.76. The minimum absolute atomic E-state index is 0.669. The third kappa shape index (κ3) is 1.69. The zero-order valence-electron chi connectivity index (χ0n) is 9.87. The summed E-state index contributed by atoms with van der Waals surface area (Å²) in [6.45, 7) is 0. The summed E-state index contributed by atoms with van der Waals surface area (Å²) in [6.07, 6.45) is 3.53. The molecule has 0 aromatic carbocycles. The smallest absolute Gasteiger partial charge is 0.129 e. The van der Waals surface area contributed by atoms with Crippen LogP contribution in [0.1, 0.15) is 0 Å². The van der Waals surface area contributed by atoms with Gasteiger partial charge in [-0.15, -0.1) is 0 Å². The van der Waals surface area contributed by atoms with Gasteiger partial charge in [0.2, 0.25) is 0 Å². The van der Waals surface area contributed by atoms with Gasteiger partial charge >= 0.3 is 0 Å². The van der Waals surface area contributed by atoms with Crippen molar-refractivity contribution in [3.63, 3.8) is 0 Å². The predicted octanol–water partition coefficient (Wildman–Crippen LogP) is 2.79. The number of nitrogen functional groups attached to an aromatic ring is 1. The molecule has 3 aromatic rings. The van der Waals surface area contributed by atoms with Gasteiger partial charge in [0.1, 0.15) is 11.5 Å². The number of thiophene rings is 1. The third-order valence-corrected chi connectivity index (χ3v) is 3.54. The van der Waals surface area contributed by atoms with Crippen molar-refractivity contribution < 1.29 is 0 Å². The Kier molecular flexibility index (Phi) is 2.60. The predicted molar refractivity (Wildman–Crippen MR) is 74.2 cm³/mol. The van der Waals surface area contributed by atoms with Crippen LogP contribution < -0.4 is 5.73 Å². The van der Waals surface area contributed by atoms with E-state index in [2.05, 4.69) is 21.5 Å². The van der Waals surface area contributed by atoms with Crippen LogP contribution in [0.5, 0.6) is 0 Å². The molecule has 0 spiro atoms. The van der Waals surface area contributed by atoms with Crippen LogP contribution in [-0.2, 0) is 7.05 Å². The Morgan fingerprint density at radius 1 is 1.17 bits per heavy atom.